The van der Waals surface area contributed by atoms with Crippen LogP contribution in [-0.4, -0.2) is 16.7 Å². The number of hydrogen-bond donors (Lipinski definition) is 2. The van der Waals surface area contributed by atoms with Crippen LogP contribution < -0.4 is 5.73 Å². The van der Waals surface area contributed by atoms with Crippen LogP contribution in [0.25, 0.3) is 0 Å². The summed E-state index contributed by atoms with van der Waals surface area (Å²) in [5.74, 6) is 0.762. The zero-order valence-electron chi connectivity index (χ0n) is 6.80. The van der Waals surface area contributed by atoms with Crippen LogP contribution in [0.2, 0.25) is 0 Å². The summed E-state index contributed by atoms with van der Waals surface area (Å²) in [6.07, 6.45) is 3.14. The average Bonchev–Trinajstić information content (AvgIpc) is 2.47. The van der Waals surface area contributed by atoms with Gasteiger partial charge in [0.1, 0.15) is 0 Å². The molecule has 1 fully saturated rings. The van der Waals surface area contributed by atoms with Crippen LogP contribution in [0.1, 0.15) is 33.1 Å². The lowest BCUT2D eigenvalue weighted by molar-refractivity contribution is 0.0899. The Labute approximate surface area is 62.4 Å². The van der Waals surface area contributed by atoms with Crippen molar-refractivity contribution in [3.05, 3.63) is 0 Å². The second kappa shape index (κ2) is 2.51. The number of aliphatic hydroxyl groups excluding tert-OH is 1. The summed E-state index contributed by atoms with van der Waals surface area (Å²) < 4.78 is 0. The highest BCUT2D eigenvalue weighted by Crippen LogP contribution is 2.34. The van der Waals surface area contributed by atoms with Crippen LogP contribution in [0, 0.1) is 5.92 Å². The fourth-order valence-electron chi connectivity index (χ4n) is 0.973. The topological polar surface area (TPSA) is 46.2 Å². The molecule has 0 spiro atoms. The Hall–Kier alpha value is -0.0800. The van der Waals surface area contributed by atoms with Gasteiger partial charge in [0.15, 0.2) is 0 Å². The number of aliphatic hydroxyl groups is 1. The molecule has 0 radical (unpaired) electrons. The highest BCUT2D eigenvalue weighted by molar-refractivity contribution is 4.87. The predicted octanol–water partition coefficient (Wildman–Crippen LogP) is 0.885. The molecule has 0 heterocycles. The van der Waals surface area contributed by atoms with Gasteiger partial charge in [0, 0.05) is 5.54 Å². The zero-order chi connectivity index (χ0) is 7.78. The van der Waals surface area contributed by atoms with E-state index < -0.39 is 5.54 Å². The first-order valence-corrected chi connectivity index (χ1v) is 3.97. The van der Waals surface area contributed by atoms with Crippen LogP contribution in [0.3, 0.4) is 0 Å². The summed E-state index contributed by atoms with van der Waals surface area (Å²) in [5.41, 5.74) is 5.29. The van der Waals surface area contributed by atoms with Crippen molar-refractivity contribution in [1.29, 1.82) is 0 Å². The molecule has 1 saturated carbocycles. The predicted molar refractivity (Wildman–Crippen MR) is 41.6 cm³/mol. The van der Waals surface area contributed by atoms with Gasteiger partial charge in [0.25, 0.3) is 0 Å². The molecule has 2 nitrogen and oxygen atoms in total. The minimum absolute atomic E-state index is 0.319. The minimum atomic E-state index is -0.414. The number of hydrogen-bond acceptors (Lipinski definition) is 2. The molecule has 1 rings (SSSR count). The lowest BCUT2D eigenvalue weighted by Gasteiger charge is -2.25. The molecule has 0 aromatic carbocycles. The minimum Gasteiger partial charge on any atom is -0.391 e. The normalized spacial score (nSPS) is 22.8. The number of rotatable bonds is 3. The van der Waals surface area contributed by atoms with Gasteiger partial charge in [-0.3, -0.25) is 0 Å². The van der Waals surface area contributed by atoms with Gasteiger partial charge in [-0.05, 0) is 26.2 Å². The third kappa shape index (κ3) is 2.27. The molecule has 0 saturated heterocycles. The van der Waals surface area contributed by atoms with E-state index in [1.807, 2.05) is 13.8 Å². The van der Waals surface area contributed by atoms with Crippen molar-refractivity contribution in [3.63, 3.8) is 0 Å². The molecule has 0 bridgehead atoms. The summed E-state index contributed by atoms with van der Waals surface area (Å²) in [6.45, 7) is 3.75. The molecule has 1 aliphatic rings. The molecule has 1 atom stereocenters. The van der Waals surface area contributed by atoms with E-state index in [2.05, 4.69) is 0 Å². The van der Waals surface area contributed by atoms with Crippen LogP contribution in [0.5, 0.6) is 0 Å². The van der Waals surface area contributed by atoms with Crippen molar-refractivity contribution in [2.24, 2.45) is 11.7 Å². The zero-order valence-corrected chi connectivity index (χ0v) is 6.80. The molecule has 0 aromatic rings. The average molecular weight is 143 g/mol. The van der Waals surface area contributed by atoms with Gasteiger partial charge in [-0.1, -0.05) is 12.8 Å². The molecule has 3 N–H and O–H groups in total. The Balaban J connectivity index is 2.25. The molecule has 1 unspecified atom stereocenters. The van der Waals surface area contributed by atoms with Crippen LogP contribution in [-0.2, 0) is 0 Å². The molecule has 60 valence electrons. The van der Waals surface area contributed by atoms with Crippen molar-refractivity contribution in [2.45, 2.75) is 44.8 Å². The van der Waals surface area contributed by atoms with E-state index in [-0.39, 0.29) is 6.10 Å². The lowest BCUT2D eigenvalue weighted by atomic mass is 9.94. The first kappa shape index (κ1) is 8.02. The first-order chi connectivity index (χ1) is 4.50. The van der Waals surface area contributed by atoms with Crippen molar-refractivity contribution in [3.8, 4) is 0 Å². The standard InChI is InChI=1S/C8H17NO/c1-8(2,9)7(10)5-6-3-4-6/h6-7,10H,3-5,9H2,1-2H3. The van der Waals surface area contributed by atoms with E-state index in [0.29, 0.717) is 0 Å². The fourth-order valence-corrected chi connectivity index (χ4v) is 0.973. The highest BCUT2D eigenvalue weighted by Gasteiger charge is 2.30. The summed E-state index contributed by atoms with van der Waals surface area (Å²) in [6, 6.07) is 0. The van der Waals surface area contributed by atoms with Crippen LogP contribution in [0.4, 0.5) is 0 Å². The van der Waals surface area contributed by atoms with Gasteiger partial charge in [0.05, 0.1) is 6.10 Å². The lowest BCUT2D eigenvalue weighted by Crippen LogP contribution is -2.45. The summed E-state index contributed by atoms with van der Waals surface area (Å²) in [5, 5.41) is 9.47. The summed E-state index contributed by atoms with van der Waals surface area (Å²) >= 11 is 0. The fraction of sp³-hybridized carbons (Fsp3) is 1.00. The van der Waals surface area contributed by atoms with E-state index in [9.17, 15) is 5.11 Å². The molecular weight excluding hydrogens is 126 g/mol. The van der Waals surface area contributed by atoms with Gasteiger partial charge < -0.3 is 10.8 Å². The van der Waals surface area contributed by atoms with Crippen molar-refractivity contribution < 1.29 is 5.11 Å². The largest absolute Gasteiger partial charge is 0.391 e. The third-order valence-electron chi connectivity index (χ3n) is 2.11. The maximum Gasteiger partial charge on any atom is 0.0716 e. The number of nitrogens with two attached hydrogens (primary N) is 1. The molecular formula is C8H17NO. The first-order valence-electron chi connectivity index (χ1n) is 3.97. The molecule has 2 heteroatoms. The van der Waals surface area contributed by atoms with E-state index in [0.717, 1.165) is 12.3 Å². The van der Waals surface area contributed by atoms with E-state index in [1.165, 1.54) is 12.8 Å². The van der Waals surface area contributed by atoms with Gasteiger partial charge >= 0.3 is 0 Å². The maximum atomic E-state index is 9.47. The molecule has 0 aliphatic heterocycles. The van der Waals surface area contributed by atoms with Crippen molar-refractivity contribution >= 4 is 0 Å². The Bertz CT molecular complexity index is 113. The SMILES string of the molecule is CC(C)(N)C(O)CC1CC1. The Morgan fingerprint density at radius 1 is 1.60 bits per heavy atom. The smallest absolute Gasteiger partial charge is 0.0716 e. The Kier molecular flexibility index (Phi) is 2.02. The van der Waals surface area contributed by atoms with E-state index >= 15 is 0 Å². The van der Waals surface area contributed by atoms with Crippen LogP contribution >= 0.6 is 0 Å². The van der Waals surface area contributed by atoms with Crippen LogP contribution in [0.15, 0.2) is 0 Å². The van der Waals surface area contributed by atoms with E-state index in [1.54, 1.807) is 0 Å². The summed E-state index contributed by atoms with van der Waals surface area (Å²) in [7, 11) is 0. The van der Waals surface area contributed by atoms with Gasteiger partial charge in [-0.15, -0.1) is 0 Å². The van der Waals surface area contributed by atoms with Crippen molar-refractivity contribution in [2.75, 3.05) is 0 Å². The van der Waals surface area contributed by atoms with E-state index in [4.69, 9.17) is 5.73 Å². The molecule has 10 heavy (non-hydrogen) atoms. The molecule has 1 aliphatic carbocycles. The monoisotopic (exact) mass is 143 g/mol. The summed E-state index contributed by atoms with van der Waals surface area (Å²) in [4.78, 5) is 0. The quantitative estimate of drug-likeness (QED) is 0.616. The highest BCUT2D eigenvalue weighted by atomic mass is 16.3. The molecule has 0 amide bonds. The maximum absolute atomic E-state index is 9.47. The molecule has 0 aromatic heterocycles. The second-order valence-corrected chi connectivity index (χ2v) is 4.02. The Morgan fingerprint density at radius 3 is 2.40 bits per heavy atom. The Morgan fingerprint density at radius 2 is 2.10 bits per heavy atom. The van der Waals surface area contributed by atoms with Gasteiger partial charge in [-0.25, -0.2) is 0 Å². The van der Waals surface area contributed by atoms with Gasteiger partial charge in [-0.2, -0.15) is 0 Å². The van der Waals surface area contributed by atoms with Crippen molar-refractivity contribution in [1.82, 2.24) is 0 Å². The third-order valence-corrected chi connectivity index (χ3v) is 2.11. The van der Waals surface area contributed by atoms with Gasteiger partial charge in [0.2, 0.25) is 0 Å². The second-order valence-electron chi connectivity index (χ2n) is 4.02.